The summed E-state index contributed by atoms with van der Waals surface area (Å²) in [6, 6.07) is 10.5. The Morgan fingerprint density at radius 1 is 0.955 bits per heavy atom. The summed E-state index contributed by atoms with van der Waals surface area (Å²) in [7, 11) is 0. The second kappa shape index (κ2) is 5.30. The smallest absolute Gasteiger partial charge is 0.103 e. The molecule has 1 aromatic rings. The third-order valence-corrected chi connectivity index (χ3v) is 5.25. The second-order valence-corrected chi connectivity index (χ2v) is 8.81. The molecule has 1 nitrogen and oxygen atoms in total. The summed E-state index contributed by atoms with van der Waals surface area (Å²) < 4.78 is 0. The van der Waals surface area contributed by atoms with E-state index in [1.807, 2.05) is 6.07 Å². The third-order valence-electron chi connectivity index (χ3n) is 5.25. The predicted molar refractivity (Wildman–Crippen MR) is 95.7 cm³/mol. The maximum Gasteiger partial charge on any atom is 0.103 e. The third kappa shape index (κ3) is 2.86. The summed E-state index contributed by atoms with van der Waals surface area (Å²) in [5.41, 5.74) is 3.30. The van der Waals surface area contributed by atoms with Crippen LogP contribution in [0.1, 0.15) is 60.5 Å². The number of hydrogen-bond acceptors (Lipinski definition) is 1. The van der Waals surface area contributed by atoms with Gasteiger partial charge in [-0.1, -0.05) is 84.9 Å². The summed E-state index contributed by atoms with van der Waals surface area (Å²) in [6.07, 6.45) is 3.07. The summed E-state index contributed by atoms with van der Waals surface area (Å²) in [5, 5.41) is 11.1. The zero-order chi connectivity index (χ0) is 16.8. The molecule has 2 rings (SSSR count). The lowest BCUT2D eigenvalue weighted by atomic mass is 9.59. The summed E-state index contributed by atoms with van der Waals surface area (Å²) in [6.45, 7) is 15.4. The van der Waals surface area contributed by atoms with Crippen molar-refractivity contribution in [3.05, 3.63) is 53.3 Å². The molecule has 1 aromatic carbocycles. The van der Waals surface area contributed by atoms with Crippen LogP contribution in [0, 0.1) is 16.2 Å². The van der Waals surface area contributed by atoms with E-state index in [-0.39, 0.29) is 16.2 Å². The molecule has 0 aromatic heterocycles. The van der Waals surface area contributed by atoms with E-state index in [1.54, 1.807) is 0 Å². The van der Waals surface area contributed by atoms with Crippen LogP contribution in [0.2, 0.25) is 0 Å². The molecule has 22 heavy (non-hydrogen) atoms. The highest BCUT2D eigenvalue weighted by atomic mass is 16.3. The number of hydrogen-bond donors (Lipinski definition) is 1. The average Bonchev–Trinajstić information content (AvgIpc) is 2.40. The maximum absolute atomic E-state index is 11.1. The van der Waals surface area contributed by atoms with Gasteiger partial charge in [-0.3, -0.25) is 0 Å². The molecule has 0 aliphatic heterocycles. The van der Waals surface area contributed by atoms with Crippen LogP contribution >= 0.6 is 0 Å². The van der Waals surface area contributed by atoms with Crippen LogP contribution in [-0.2, 0) is 0 Å². The molecule has 1 aliphatic rings. The first kappa shape index (κ1) is 16.9. The molecule has 0 saturated heterocycles. The Bertz CT molecular complexity index is 606. The minimum atomic E-state index is -0.254. The van der Waals surface area contributed by atoms with Crippen molar-refractivity contribution in [1.29, 1.82) is 0 Å². The fourth-order valence-electron chi connectivity index (χ4n) is 3.09. The molecule has 0 amide bonds. The number of rotatable bonds is 1. The molecule has 0 spiro atoms. The first-order valence-electron chi connectivity index (χ1n) is 8.17. The number of allylic oxidation sites excluding steroid dienone is 4. The van der Waals surface area contributed by atoms with Gasteiger partial charge in [0.15, 0.2) is 0 Å². The van der Waals surface area contributed by atoms with Crippen LogP contribution in [0.15, 0.2) is 47.7 Å². The van der Waals surface area contributed by atoms with Gasteiger partial charge in [0.1, 0.15) is 5.76 Å². The zero-order valence-electron chi connectivity index (χ0n) is 15.1. The quantitative estimate of drug-likeness (QED) is 0.637. The summed E-state index contributed by atoms with van der Waals surface area (Å²) in [5.74, 6) is 0.562. The molecule has 1 unspecified atom stereocenters. The molecule has 1 heteroatoms. The highest BCUT2D eigenvalue weighted by Crippen LogP contribution is 2.55. The highest BCUT2D eigenvalue weighted by Gasteiger charge is 2.46. The van der Waals surface area contributed by atoms with Gasteiger partial charge in [0.2, 0.25) is 0 Å². The largest absolute Gasteiger partial charge is 0.511 e. The van der Waals surface area contributed by atoms with E-state index in [2.05, 4.69) is 78.8 Å². The predicted octanol–water partition coefficient (Wildman–Crippen LogP) is 6.38. The Morgan fingerprint density at radius 2 is 1.50 bits per heavy atom. The van der Waals surface area contributed by atoms with Crippen LogP contribution in [0.5, 0.6) is 0 Å². The zero-order valence-corrected chi connectivity index (χ0v) is 15.1. The molecular weight excluding hydrogens is 268 g/mol. The minimum absolute atomic E-state index is 0.0120. The first-order chi connectivity index (χ1) is 9.97. The SMILES string of the molecule is CC(C)(C)C1=C(O)C(C)(C(C)(C)C)CC(c2ccccc2)=C1. The Labute approximate surface area is 135 Å². The van der Waals surface area contributed by atoms with E-state index in [1.165, 1.54) is 11.1 Å². The maximum atomic E-state index is 11.1. The van der Waals surface area contributed by atoms with E-state index < -0.39 is 0 Å². The Kier molecular flexibility index (Phi) is 4.06. The molecule has 0 saturated carbocycles. The first-order valence-corrected chi connectivity index (χ1v) is 8.17. The lowest BCUT2D eigenvalue weighted by Gasteiger charge is -2.46. The highest BCUT2D eigenvalue weighted by molar-refractivity contribution is 5.72. The van der Waals surface area contributed by atoms with Crippen LogP contribution in [0.3, 0.4) is 0 Å². The topological polar surface area (TPSA) is 20.2 Å². The second-order valence-electron chi connectivity index (χ2n) is 8.81. The number of benzene rings is 1. The van der Waals surface area contributed by atoms with E-state index in [4.69, 9.17) is 0 Å². The standard InChI is InChI=1S/C21H30O/c1-19(2,3)17-13-16(15-11-9-8-10-12-15)14-21(7,18(17)22)20(4,5)6/h8-13,22H,14H2,1-7H3. The van der Waals surface area contributed by atoms with Crippen molar-refractivity contribution in [2.75, 3.05) is 0 Å². The van der Waals surface area contributed by atoms with Gasteiger partial charge in [0.05, 0.1) is 0 Å². The van der Waals surface area contributed by atoms with Crippen molar-refractivity contribution < 1.29 is 5.11 Å². The van der Waals surface area contributed by atoms with Gasteiger partial charge in [-0.05, 0) is 34.0 Å². The van der Waals surface area contributed by atoms with Crippen LogP contribution in [0.4, 0.5) is 0 Å². The van der Waals surface area contributed by atoms with Gasteiger partial charge in [0.25, 0.3) is 0 Å². The van der Waals surface area contributed by atoms with Gasteiger partial charge in [-0.15, -0.1) is 0 Å². The van der Waals surface area contributed by atoms with E-state index in [9.17, 15) is 5.11 Å². The van der Waals surface area contributed by atoms with Crippen molar-refractivity contribution >= 4 is 5.57 Å². The molecule has 120 valence electrons. The Hall–Kier alpha value is -1.50. The number of aliphatic hydroxyl groups excluding tert-OH is 1. The molecule has 0 heterocycles. The van der Waals surface area contributed by atoms with Gasteiger partial charge in [0, 0.05) is 5.41 Å². The fraction of sp³-hybridized carbons (Fsp3) is 0.524. The molecule has 0 fully saturated rings. The van der Waals surface area contributed by atoms with Crippen molar-refractivity contribution in [3.63, 3.8) is 0 Å². The molecule has 1 aliphatic carbocycles. The normalized spacial score (nSPS) is 23.5. The summed E-state index contributed by atoms with van der Waals surface area (Å²) >= 11 is 0. The molecule has 0 radical (unpaired) electrons. The molecule has 1 N–H and O–H groups in total. The lowest BCUT2D eigenvalue weighted by molar-refractivity contribution is 0.0910. The number of aliphatic hydroxyl groups is 1. The van der Waals surface area contributed by atoms with Gasteiger partial charge >= 0.3 is 0 Å². The van der Waals surface area contributed by atoms with Crippen molar-refractivity contribution in [2.24, 2.45) is 16.2 Å². The Morgan fingerprint density at radius 3 is 1.95 bits per heavy atom. The molecular formula is C21H30O. The van der Waals surface area contributed by atoms with Crippen molar-refractivity contribution in [2.45, 2.75) is 54.9 Å². The minimum Gasteiger partial charge on any atom is -0.511 e. The summed E-state index contributed by atoms with van der Waals surface area (Å²) in [4.78, 5) is 0. The van der Waals surface area contributed by atoms with Crippen molar-refractivity contribution in [3.8, 4) is 0 Å². The Balaban J connectivity index is 2.66. The van der Waals surface area contributed by atoms with Gasteiger partial charge in [-0.2, -0.15) is 0 Å². The van der Waals surface area contributed by atoms with Crippen LogP contribution in [0.25, 0.3) is 5.57 Å². The molecule has 1 atom stereocenters. The van der Waals surface area contributed by atoms with Gasteiger partial charge in [-0.25, -0.2) is 0 Å². The fourth-order valence-corrected chi connectivity index (χ4v) is 3.09. The van der Waals surface area contributed by atoms with E-state index >= 15 is 0 Å². The van der Waals surface area contributed by atoms with Crippen molar-refractivity contribution in [1.82, 2.24) is 0 Å². The van der Waals surface area contributed by atoms with E-state index in [0.29, 0.717) is 5.76 Å². The van der Waals surface area contributed by atoms with Gasteiger partial charge < -0.3 is 5.11 Å². The van der Waals surface area contributed by atoms with Crippen LogP contribution < -0.4 is 0 Å². The molecule has 0 bridgehead atoms. The van der Waals surface area contributed by atoms with Crippen LogP contribution in [-0.4, -0.2) is 5.11 Å². The monoisotopic (exact) mass is 298 g/mol. The van der Waals surface area contributed by atoms with E-state index in [0.717, 1.165) is 12.0 Å². The average molecular weight is 298 g/mol. The lowest BCUT2D eigenvalue weighted by Crippen LogP contribution is -2.38.